The van der Waals surface area contributed by atoms with Crippen molar-refractivity contribution in [2.75, 3.05) is 13.6 Å². The van der Waals surface area contributed by atoms with E-state index < -0.39 is 12.1 Å². The molecule has 0 aliphatic carbocycles. The molecule has 2 heterocycles. The Kier molecular flexibility index (Phi) is 4.74. The lowest BCUT2D eigenvalue weighted by Crippen LogP contribution is -2.23. The van der Waals surface area contributed by atoms with Crippen LogP contribution in [-0.4, -0.2) is 49.1 Å². The highest BCUT2D eigenvalue weighted by Gasteiger charge is 2.29. The van der Waals surface area contributed by atoms with Gasteiger partial charge in [-0.3, -0.25) is 0 Å². The molecule has 0 aromatic rings. The van der Waals surface area contributed by atoms with Crippen molar-refractivity contribution in [3.8, 4) is 0 Å². The Morgan fingerprint density at radius 1 is 1.22 bits per heavy atom. The summed E-state index contributed by atoms with van der Waals surface area (Å²) in [6.07, 6.45) is 7.17. The molecule has 0 radical (unpaired) electrons. The maximum atomic E-state index is 10.7. The standard InChI is InChI=1S/C13H21NO4/c1-14-8-11-5-4-9(17-11)2-3-10-6-7-12(18-10)13(15)16/h2-3,9-12,14H,4-8H2,1H3,(H,15,16)/b3-2-. The average Bonchev–Trinajstić information content (AvgIpc) is 2.95. The summed E-state index contributed by atoms with van der Waals surface area (Å²) in [5.41, 5.74) is 0. The Balaban J connectivity index is 1.74. The second-order valence-electron chi connectivity index (χ2n) is 4.90. The van der Waals surface area contributed by atoms with E-state index in [9.17, 15) is 4.79 Å². The van der Waals surface area contributed by atoms with Crippen LogP contribution >= 0.6 is 0 Å². The Labute approximate surface area is 107 Å². The van der Waals surface area contributed by atoms with Crippen LogP contribution in [0.25, 0.3) is 0 Å². The number of hydrogen-bond acceptors (Lipinski definition) is 4. The molecule has 2 fully saturated rings. The van der Waals surface area contributed by atoms with Gasteiger partial charge < -0.3 is 19.9 Å². The van der Waals surface area contributed by atoms with Gasteiger partial charge in [-0.2, -0.15) is 0 Å². The second-order valence-corrected chi connectivity index (χ2v) is 4.90. The third kappa shape index (κ3) is 3.54. The third-order valence-electron chi connectivity index (χ3n) is 3.44. The predicted molar refractivity (Wildman–Crippen MR) is 66.5 cm³/mol. The summed E-state index contributed by atoms with van der Waals surface area (Å²) >= 11 is 0. The molecule has 4 unspecified atom stereocenters. The summed E-state index contributed by atoms with van der Waals surface area (Å²) in [7, 11) is 1.92. The molecular weight excluding hydrogens is 234 g/mol. The van der Waals surface area contributed by atoms with Crippen molar-refractivity contribution in [3.63, 3.8) is 0 Å². The molecule has 2 rings (SSSR count). The van der Waals surface area contributed by atoms with Crippen molar-refractivity contribution in [2.24, 2.45) is 0 Å². The van der Waals surface area contributed by atoms with Crippen LogP contribution in [0.1, 0.15) is 25.7 Å². The molecule has 4 atom stereocenters. The van der Waals surface area contributed by atoms with Gasteiger partial charge in [0, 0.05) is 6.54 Å². The summed E-state index contributed by atoms with van der Waals surface area (Å²) in [5, 5.41) is 11.9. The summed E-state index contributed by atoms with van der Waals surface area (Å²) in [6.45, 7) is 0.880. The molecule has 0 bridgehead atoms. The highest BCUT2D eigenvalue weighted by Crippen LogP contribution is 2.24. The van der Waals surface area contributed by atoms with Crippen LogP contribution in [0.2, 0.25) is 0 Å². The van der Waals surface area contributed by atoms with Crippen LogP contribution in [0.3, 0.4) is 0 Å². The van der Waals surface area contributed by atoms with Gasteiger partial charge in [0.25, 0.3) is 0 Å². The smallest absolute Gasteiger partial charge is 0.332 e. The zero-order valence-corrected chi connectivity index (χ0v) is 10.7. The summed E-state index contributed by atoms with van der Waals surface area (Å²) in [5.74, 6) is -0.864. The number of rotatable bonds is 5. The van der Waals surface area contributed by atoms with Crippen molar-refractivity contribution < 1.29 is 19.4 Å². The molecule has 0 amide bonds. The van der Waals surface area contributed by atoms with Gasteiger partial charge in [-0.05, 0) is 32.7 Å². The fourth-order valence-corrected chi connectivity index (χ4v) is 2.49. The fraction of sp³-hybridized carbons (Fsp3) is 0.769. The highest BCUT2D eigenvalue weighted by molar-refractivity contribution is 5.72. The Morgan fingerprint density at radius 3 is 2.50 bits per heavy atom. The third-order valence-corrected chi connectivity index (χ3v) is 3.44. The largest absolute Gasteiger partial charge is 0.479 e. The number of aliphatic carboxylic acids is 1. The zero-order valence-electron chi connectivity index (χ0n) is 10.7. The molecule has 0 spiro atoms. The molecule has 2 aliphatic heterocycles. The number of likely N-dealkylation sites (N-methyl/N-ethyl adjacent to an activating group) is 1. The first-order chi connectivity index (χ1) is 8.69. The van der Waals surface area contributed by atoms with E-state index in [1.54, 1.807) is 0 Å². The molecule has 2 saturated heterocycles. The van der Waals surface area contributed by atoms with Crippen LogP contribution in [0.4, 0.5) is 0 Å². The van der Waals surface area contributed by atoms with E-state index in [0.717, 1.165) is 25.8 Å². The SMILES string of the molecule is CNCC1CCC(/C=C\C2CCC(C(=O)O)O2)O1. The quantitative estimate of drug-likeness (QED) is 0.716. The van der Waals surface area contributed by atoms with Crippen LogP contribution in [0.15, 0.2) is 12.2 Å². The van der Waals surface area contributed by atoms with Gasteiger partial charge in [0.05, 0.1) is 18.3 Å². The maximum Gasteiger partial charge on any atom is 0.332 e. The van der Waals surface area contributed by atoms with Crippen molar-refractivity contribution >= 4 is 5.97 Å². The fourth-order valence-electron chi connectivity index (χ4n) is 2.49. The topological polar surface area (TPSA) is 67.8 Å². The Hall–Kier alpha value is -0.910. The maximum absolute atomic E-state index is 10.7. The number of ether oxygens (including phenoxy) is 2. The lowest BCUT2D eigenvalue weighted by atomic mass is 10.1. The molecular formula is C13H21NO4. The molecule has 5 heteroatoms. The minimum Gasteiger partial charge on any atom is -0.479 e. The van der Waals surface area contributed by atoms with E-state index in [2.05, 4.69) is 5.32 Å². The Morgan fingerprint density at radius 2 is 1.89 bits per heavy atom. The molecule has 2 N–H and O–H groups in total. The number of carboxylic acid groups (broad SMARTS) is 1. The first-order valence-electron chi connectivity index (χ1n) is 6.55. The molecule has 5 nitrogen and oxygen atoms in total. The van der Waals surface area contributed by atoms with Gasteiger partial charge in [-0.15, -0.1) is 0 Å². The van der Waals surface area contributed by atoms with E-state index in [4.69, 9.17) is 14.6 Å². The van der Waals surface area contributed by atoms with E-state index in [0.29, 0.717) is 12.5 Å². The predicted octanol–water partition coefficient (Wildman–Crippen LogP) is 0.942. The first-order valence-corrected chi connectivity index (χ1v) is 6.55. The van der Waals surface area contributed by atoms with Gasteiger partial charge >= 0.3 is 5.97 Å². The van der Waals surface area contributed by atoms with E-state index >= 15 is 0 Å². The monoisotopic (exact) mass is 255 g/mol. The van der Waals surface area contributed by atoms with Crippen molar-refractivity contribution in [3.05, 3.63) is 12.2 Å². The normalized spacial score (nSPS) is 36.5. The number of nitrogens with one attached hydrogen (secondary N) is 1. The van der Waals surface area contributed by atoms with Crippen molar-refractivity contribution in [1.82, 2.24) is 5.32 Å². The molecule has 0 saturated carbocycles. The number of carbonyl (C=O) groups is 1. The van der Waals surface area contributed by atoms with E-state index in [1.807, 2.05) is 19.2 Å². The molecule has 0 aromatic heterocycles. The molecule has 2 aliphatic rings. The molecule has 102 valence electrons. The second kappa shape index (κ2) is 6.31. The number of carboxylic acids is 1. The van der Waals surface area contributed by atoms with E-state index in [1.165, 1.54) is 0 Å². The van der Waals surface area contributed by atoms with Crippen molar-refractivity contribution in [1.29, 1.82) is 0 Å². The van der Waals surface area contributed by atoms with Crippen LogP contribution in [0, 0.1) is 0 Å². The molecule has 18 heavy (non-hydrogen) atoms. The lowest BCUT2D eigenvalue weighted by Gasteiger charge is -2.11. The summed E-state index contributed by atoms with van der Waals surface area (Å²) in [6, 6.07) is 0. The zero-order chi connectivity index (χ0) is 13.0. The minimum absolute atomic E-state index is 0.0712. The van der Waals surface area contributed by atoms with Gasteiger partial charge in [0.15, 0.2) is 6.10 Å². The van der Waals surface area contributed by atoms with Crippen LogP contribution in [0.5, 0.6) is 0 Å². The lowest BCUT2D eigenvalue weighted by molar-refractivity contribution is -0.148. The summed E-state index contributed by atoms with van der Waals surface area (Å²) in [4.78, 5) is 10.7. The number of hydrogen-bond donors (Lipinski definition) is 2. The van der Waals surface area contributed by atoms with E-state index in [-0.39, 0.29) is 12.2 Å². The minimum atomic E-state index is -0.864. The van der Waals surface area contributed by atoms with Gasteiger partial charge in [0.2, 0.25) is 0 Å². The molecule has 0 aromatic carbocycles. The van der Waals surface area contributed by atoms with Crippen molar-refractivity contribution in [2.45, 2.75) is 50.1 Å². The van der Waals surface area contributed by atoms with Gasteiger partial charge in [-0.1, -0.05) is 12.2 Å². The summed E-state index contributed by atoms with van der Waals surface area (Å²) < 4.78 is 11.2. The Bertz CT molecular complexity index is 318. The van der Waals surface area contributed by atoms with Crippen LogP contribution < -0.4 is 5.32 Å². The van der Waals surface area contributed by atoms with Crippen LogP contribution in [-0.2, 0) is 14.3 Å². The van der Waals surface area contributed by atoms with Gasteiger partial charge in [0.1, 0.15) is 0 Å². The van der Waals surface area contributed by atoms with Gasteiger partial charge in [-0.25, -0.2) is 4.79 Å². The first kappa shape index (κ1) is 13.5. The highest BCUT2D eigenvalue weighted by atomic mass is 16.5. The average molecular weight is 255 g/mol.